The molecule has 0 spiro atoms. The summed E-state index contributed by atoms with van der Waals surface area (Å²) < 4.78 is 27.4. The molecule has 0 bridgehead atoms. The zero-order chi connectivity index (χ0) is 28.8. The summed E-state index contributed by atoms with van der Waals surface area (Å²) in [7, 11) is 0. The first kappa shape index (κ1) is 26.3. The van der Waals surface area contributed by atoms with E-state index in [-0.39, 0.29) is 17.8 Å². The lowest BCUT2D eigenvalue weighted by Gasteiger charge is -2.44. The maximum Gasteiger partial charge on any atom is 0.255 e. The van der Waals surface area contributed by atoms with Crippen molar-refractivity contribution in [2.24, 2.45) is 0 Å². The third-order valence-corrected chi connectivity index (χ3v) is 7.95. The Hall–Kier alpha value is -4.91. The molecule has 41 heavy (non-hydrogen) atoms. The van der Waals surface area contributed by atoms with Gasteiger partial charge in [0, 0.05) is 36.8 Å². The SMILES string of the molecule is N#Cc1ccnc(N2C(=O)C=C[C@H]2C(=O)N(c2ccccc2)[C@@]2(C(=O)NC3CC(F)(F)C3)CCc3ccccc32)c1. The second-order valence-electron chi connectivity index (χ2n) is 10.5. The summed E-state index contributed by atoms with van der Waals surface area (Å²) in [5, 5.41) is 12.2. The number of rotatable bonds is 6. The van der Waals surface area contributed by atoms with Crippen LogP contribution < -0.4 is 15.1 Å². The molecule has 0 saturated heterocycles. The minimum Gasteiger partial charge on any atom is -0.351 e. The van der Waals surface area contributed by atoms with E-state index in [0.717, 1.165) is 5.56 Å². The van der Waals surface area contributed by atoms with E-state index in [2.05, 4.69) is 10.3 Å². The number of hydrogen-bond acceptors (Lipinski definition) is 5. The van der Waals surface area contributed by atoms with Gasteiger partial charge in [0.25, 0.3) is 23.6 Å². The van der Waals surface area contributed by atoms with E-state index in [4.69, 9.17) is 0 Å². The summed E-state index contributed by atoms with van der Waals surface area (Å²) in [6.07, 6.45) is 3.85. The molecule has 1 saturated carbocycles. The Morgan fingerprint density at radius 2 is 1.80 bits per heavy atom. The van der Waals surface area contributed by atoms with Crippen molar-refractivity contribution in [1.82, 2.24) is 10.3 Å². The number of nitriles is 1. The first-order valence-corrected chi connectivity index (χ1v) is 13.3. The van der Waals surface area contributed by atoms with Crippen LogP contribution in [0.2, 0.25) is 0 Å². The zero-order valence-corrected chi connectivity index (χ0v) is 21.8. The number of fused-ring (bicyclic) bond motifs is 1. The minimum atomic E-state index is -2.84. The highest BCUT2D eigenvalue weighted by atomic mass is 19.3. The van der Waals surface area contributed by atoms with Crippen LogP contribution in [0.3, 0.4) is 0 Å². The van der Waals surface area contributed by atoms with E-state index >= 15 is 0 Å². The Bertz CT molecular complexity index is 1610. The summed E-state index contributed by atoms with van der Waals surface area (Å²) in [5.74, 6) is -4.35. The summed E-state index contributed by atoms with van der Waals surface area (Å²) >= 11 is 0. The van der Waals surface area contributed by atoms with E-state index in [1.54, 1.807) is 42.5 Å². The molecule has 8 nitrogen and oxygen atoms in total. The quantitative estimate of drug-likeness (QED) is 0.497. The normalized spacial score (nSPS) is 22.5. The topological polar surface area (TPSA) is 106 Å². The van der Waals surface area contributed by atoms with Crippen molar-refractivity contribution in [2.45, 2.75) is 49.2 Å². The smallest absolute Gasteiger partial charge is 0.255 e. The van der Waals surface area contributed by atoms with Crippen molar-refractivity contribution < 1.29 is 23.2 Å². The molecule has 1 N–H and O–H groups in total. The standard InChI is InChI=1S/C31H25F2N5O3/c32-30(33)17-22(18-30)36-29(41)31(14-12-21-6-4-5-9-24(21)31)38(23-7-2-1-3-8-23)28(40)25-10-11-27(39)37(25)26-16-20(19-34)13-15-35-26/h1-11,13,15-16,22,25H,12,14,17-18H2,(H,36,41)/t25-,31-/m0/s1. The van der Waals surface area contributed by atoms with Crippen molar-refractivity contribution in [3.8, 4) is 6.07 Å². The van der Waals surface area contributed by atoms with Gasteiger partial charge in [-0.25, -0.2) is 13.8 Å². The highest BCUT2D eigenvalue weighted by Gasteiger charge is 2.56. The molecular weight excluding hydrogens is 528 g/mol. The second kappa shape index (κ2) is 9.93. The fraction of sp³-hybridized carbons (Fsp3) is 0.258. The van der Waals surface area contributed by atoms with Gasteiger partial charge in [-0.3, -0.25) is 24.2 Å². The van der Waals surface area contributed by atoms with Gasteiger partial charge in [-0.15, -0.1) is 0 Å². The van der Waals surface area contributed by atoms with Crippen LogP contribution >= 0.6 is 0 Å². The van der Waals surface area contributed by atoms with E-state index in [1.165, 1.54) is 40.3 Å². The van der Waals surface area contributed by atoms with Gasteiger partial charge in [-0.05, 0) is 54.3 Å². The number of nitrogens with zero attached hydrogens (tertiary/aromatic N) is 4. The predicted molar refractivity (Wildman–Crippen MR) is 146 cm³/mol. The van der Waals surface area contributed by atoms with Crippen molar-refractivity contribution in [3.05, 3.63) is 102 Å². The number of anilines is 2. The van der Waals surface area contributed by atoms with E-state index < -0.39 is 54.1 Å². The Balaban J connectivity index is 1.47. The lowest BCUT2D eigenvalue weighted by molar-refractivity contribution is -0.137. The molecule has 2 heterocycles. The molecule has 1 fully saturated rings. The van der Waals surface area contributed by atoms with Crippen molar-refractivity contribution in [2.75, 3.05) is 9.80 Å². The highest BCUT2D eigenvalue weighted by molar-refractivity contribution is 6.16. The number of aryl methyl sites for hydroxylation is 1. The number of para-hydroxylation sites is 1. The minimum absolute atomic E-state index is 0.118. The zero-order valence-electron chi connectivity index (χ0n) is 21.8. The van der Waals surface area contributed by atoms with Gasteiger partial charge in [0.15, 0.2) is 5.54 Å². The molecule has 3 aliphatic rings. The van der Waals surface area contributed by atoms with Crippen molar-refractivity contribution in [3.63, 3.8) is 0 Å². The van der Waals surface area contributed by atoms with E-state index in [0.29, 0.717) is 17.7 Å². The molecule has 0 unspecified atom stereocenters. The van der Waals surface area contributed by atoms with Crippen LogP contribution in [0, 0.1) is 11.3 Å². The van der Waals surface area contributed by atoms with Gasteiger partial charge in [-0.2, -0.15) is 5.26 Å². The van der Waals surface area contributed by atoms with Crippen LogP contribution in [0.4, 0.5) is 20.3 Å². The van der Waals surface area contributed by atoms with Crippen LogP contribution in [0.25, 0.3) is 0 Å². The molecule has 6 rings (SSSR count). The fourth-order valence-electron chi connectivity index (χ4n) is 6.02. The third kappa shape index (κ3) is 4.43. The first-order chi connectivity index (χ1) is 19.7. The Morgan fingerprint density at radius 3 is 2.54 bits per heavy atom. The molecule has 2 aromatic carbocycles. The monoisotopic (exact) mass is 553 g/mol. The van der Waals surface area contributed by atoms with Gasteiger partial charge in [0.2, 0.25) is 0 Å². The van der Waals surface area contributed by atoms with E-state index in [9.17, 15) is 28.4 Å². The van der Waals surface area contributed by atoms with Crippen LogP contribution in [0.1, 0.15) is 36.0 Å². The molecule has 0 radical (unpaired) electrons. The molecule has 2 atom stereocenters. The fourth-order valence-corrected chi connectivity index (χ4v) is 6.02. The molecule has 10 heteroatoms. The average Bonchev–Trinajstić information content (AvgIpc) is 3.54. The number of pyridine rings is 1. The summed E-state index contributed by atoms with van der Waals surface area (Å²) in [4.78, 5) is 48.8. The average molecular weight is 554 g/mol. The number of aromatic nitrogens is 1. The summed E-state index contributed by atoms with van der Waals surface area (Å²) in [6.45, 7) is 0. The molecule has 1 aromatic heterocycles. The van der Waals surface area contributed by atoms with Gasteiger partial charge in [0.1, 0.15) is 11.9 Å². The second-order valence-corrected chi connectivity index (χ2v) is 10.5. The van der Waals surface area contributed by atoms with Gasteiger partial charge in [0.05, 0.1) is 11.6 Å². The Labute approximate surface area is 234 Å². The summed E-state index contributed by atoms with van der Waals surface area (Å²) in [5.41, 5.74) is 0.583. The predicted octanol–water partition coefficient (Wildman–Crippen LogP) is 4.01. The molecule has 1 aliphatic heterocycles. The Kier molecular flexibility index (Phi) is 6.37. The largest absolute Gasteiger partial charge is 0.351 e. The maximum atomic E-state index is 14.7. The molecular formula is C31H25F2N5O3. The van der Waals surface area contributed by atoms with Crippen molar-refractivity contribution in [1.29, 1.82) is 5.26 Å². The lowest BCUT2D eigenvalue weighted by atomic mass is 9.83. The Morgan fingerprint density at radius 1 is 1.07 bits per heavy atom. The van der Waals surface area contributed by atoms with Crippen LogP contribution in [-0.4, -0.2) is 40.7 Å². The van der Waals surface area contributed by atoms with E-state index in [1.807, 2.05) is 18.2 Å². The van der Waals surface area contributed by atoms with Crippen LogP contribution in [0.15, 0.2) is 85.1 Å². The number of alkyl halides is 2. The van der Waals surface area contributed by atoms with Gasteiger partial charge >= 0.3 is 0 Å². The van der Waals surface area contributed by atoms with Gasteiger partial charge in [-0.1, -0.05) is 42.5 Å². The van der Waals surface area contributed by atoms with Crippen LogP contribution in [0.5, 0.6) is 0 Å². The highest BCUT2D eigenvalue weighted by Crippen LogP contribution is 2.46. The maximum absolute atomic E-state index is 14.7. The molecule has 3 amide bonds. The first-order valence-electron chi connectivity index (χ1n) is 13.3. The summed E-state index contributed by atoms with van der Waals surface area (Å²) in [6, 6.07) is 19.0. The number of nitrogens with one attached hydrogen (secondary N) is 1. The number of halogens is 2. The van der Waals surface area contributed by atoms with Gasteiger partial charge < -0.3 is 5.32 Å². The number of benzene rings is 2. The molecule has 3 aromatic rings. The lowest BCUT2D eigenvalue weighted by Crippen LogP contribution is -2.64. The number of amides is 3. The van der Waals surface area contributed by atoms with Crippen molar-refractivity contribution >= 4 is 29.2 Å². The number of hydrogen-bond donors (Lipinski definition) is 1. The molecule has 206 valence electrons. The third-order valence-electron chi connectivity index (χ3n) is 7.95. The molecule has 2 aliphatic carbocycles. The van der Waals surface area contributed by atoms with Crippen LogP contribution in [-0.2, 0) is 26.3 Å². The number of carbonyl (C=O) groups is 3. The number of carbonyl (C=O) groups excluding carboxylic acids is 3.